The van der Waals surface area contributed by atoms with Gasteiger partial charge in [0.15, 0.2) is 0 Å². The second kappa shape index (κ2) is 21.1. The fraction of sp³-hybridized carbons (Fsp3) is 0.690. The summed E-state index contributed by atoms with van der Waals surface area (Å²) in [7, 11) is 0. The summed E-state index contributed by atoms with van der Waals surface area (Å²) in [5.74, 6) is -0.450. The zero-order valence-electron chi connectivity index (χ0n) is 20.7. The molecule has 0 heterocycles. The van der Waals surface area contributed by atoms with Crippen LogP contribution in [0.1, 0.15) is 133 Å². The third kappa shape index (κ3) is 15.9. The molecule has 0 atom stereocenters. The van der Waals surface area contributed by atoms with Crippen LogP contribution in [0.15, 0.2) is 36.4 Å². The molecule has 0 aliphatic rings. The number of phenols is 1. The average molecular weight is 445 g/mol. The van der Waals surface area contributed by atoms with Crippen molar-refractivity contribution in [2.45, 2.75) is 122 Å². The molecule has 0 unspecified atom stereocenters. The zero-order chi connectivity index (χ0) is 23.1. The van der Waals surface area contributed by atoms with Crippen LogP contribution >= 0.6 is 0 Å². The minimum absolute atomic E-state index is 0.0162. The summed E-state index contributed by atoms with van der Waals surface area (Å²) in [4.78, 5) is 11.9. The highest BCUT2D eigenvalue weighted by Crippen LogP contribution is 2.17. The number of aromatic hydroxyl groups is 1. The van der Waals surface area contributed by atoms with Gasteiger partial charge in [0.1, 0.15) is 11.3 Å². The van der Waals surface area contributed by atoms with Gasteiger partial charge in [0.25, 0.3) is 0 Å². The molecule has 0 radical (unpaired) electrons. The smallest absolute Gasteiger partial charge is 0.341 e. The molecule has 1 N–H and O–H groups in total. The number of esters is 1. The lowest BCUT2D eigenvalue weighted by molar-refractivity contribution is 0.0494. The highest BCUT2D eigenvalue weighted by atomic mass is 16.5. The van der Waals surface area contributed by atoms with E-state index in [0.717, 1.165) is 12.8 Å². The average Bonchev–Trinajstić information content (AvgIpc) is 2.80. The SMILES string of the molecule is CCCCCCCC/C=C\CCCCCCCCCCCCOC(=O)c1ccccc1O. The number of hydrogen-bond acceptors (Lipinski definition) is 3. The van der Waals surface area contributed by atoms with Crippen LogP contribution in [-0.4, -0.2) is 17.7 Å². The predicted molar refractivity (Wildman–Crippen MR) is 136 cm³/mol. The maximum absolute atomic E-state index is 11.9. The molecule has 0 aromatic heterocycles. The van der Waals surface area contributed by atoms with E-state index in [0.29, 0.717) is 6.61 Å². The van der Waals surface area contributed by atoms with E-state index in [1.165, 1.54) is 109 Å². The number of allylic oxidation sites excluding steroid dienone is 2. The van der Waals surface area contributed by atoms with Crippen LogP contribution in [0.3, 0.4) is 0 Å². The number of rotatable bonds is 21. The molecule has 3 nitrogen and oxygen atoms in total. The topological polar surface area (TPSA) is 46.5 Å². The van der Waals surface area contributed by atoms with Crippen molar-refractivity contribution in [2.75, 3.05) is 6.61 Å². The Morgan fingerprint density at radius 3 is 1.72 bits per heavy atom. The first-order valence-corrected chi connectivity index (χ1v) is 13.4. The molecule has 0 bridgehead atoms. The summed E-state index contributed by atoms with van der Waals surface area (Å²) in [6.45, 7) is 2.71. The molecule has 1 rings (SSSR count). The maximum atomic E-state index is 11.9. The van der Waals surface area contributed by atoms with Crippen LogP contribution in [0.4, 0.5) is 0 Å². The van der Waals surface area contributed by atoms with Crippen LogP contribution in [0.2, 0.25) is 0 Å². The Balaban J connectivity index is 1.78. The Morgan fingerprint density at radius 1 is 0.719 bits per heavy atom. The van der Waals surface area contributed by atoms with Crippen molar-refractivity contribution in [1.82, 2.24) is 0 Å². The molecule has 0 fully saturated rings. The summed E-state index contributed by atoms with van der Waals surface area (Å²) >= 11 is 0. The Morgan fingerprint density at radius 2 is 1.19 bits per heavy atom. The fourth-order valence-corrected chi connectivity index (χ4v) is 3.95. The third-order valence-corrected chi connectivity index (χ3v) is 6.01. The summed E-state index contributed by atoms with van der Waals surface area (Å²) in [5, 5.41) is 9.65. The van der Waals surface area contributed by atoms with E-state index in [-0.39, 0.29) is 11.3 Å². The van der Waals surface area contributed by atoms with Gasteiger partial charge in [0, 0.05) is 0 Å². The van der Waals surface area contributed by atoms with Crippen molar-refractivity contribution in [3.63, 3.8) is 0 Å². The van der Waals surface area contributed by atoms with Gasteiger partial charge in [-0.1, -0.05) is 115 Å². The molecule has 1 aromatic rings. The first-order chi connectivity index (χ1) is 15.8. The molecule has 182 valence electrons. The number of carbonyl (C=O) groups excluding carboxylic acids is 1. The molecule has 0 spiro atoms. The molecular weight excluding hydrogens is 396 g/mol. The minimum atomic E-state index is -0.434. The van der Waals surface area contributed by atoms with Gasteiger partial charge in [0.05, 0.1) is 6.61 Å². The lowest BCUT2D eigenvalue weighted by Gasteiger charge is -2.06. The first-order valence-electron chi connectivity index (χ1n) is 13.4. The number of carbonyl (C=O) groups is 1. The standard InChI is InChI=1S/C29H48O3/c1-2-3-4-5-6-7-8-9-10-11-12-13-14-15-16-17-18-19-20-23-26-32-29(31)27-24-21-22-25-28(27)30/h9-10,21-22,24-25,30H,2-8,11-20,23,26H2,1H3/b10-9-. The molecular formula is C29H48O3. The van der Waals surface area contributed by atoms with Crippen LogP contribution in [0.25, 0.3) is 0 Å². The van der Waals surface area contributed by atoms with Crippen molar-refractivity contribution < 1.29 is 14.6 Å². The van der Waals surface area contributed by atoms with E-state index in [1.54, 1.807) is 18.2 Å². The van der Waals surface area contributed by atoms with Crippen LogP contribution < -0.4 is 0 Å². The normalized spacial score (nSPS) is 11.3. The van der Waals surface area contributed by atoms with E-state index in [9.17, 15) is 9.90 Å². The van der Waals surface area contributed by atoms with Gasteiger partial charge < -0.3 is 9.84 Å². The fourth-order valence-electron chi connectivity index (χ4n) is 3.95. The van der Waals surface area contributed by atoms with Gasteiger partial charge >= 0.3 is 5.97 Å². The Bertz CT molecular complexity index is 594. The molecule has 3 heteroatoms. The van der Waals surface area contributed by atoms with Gasteiger partial charge in [-0.25, -0.2) is 4.79 Å². The number of phenolic OH excluding ortho intramolecular Hbond substituents is 1. The van der Waals surface area contributed by atoms with E-state index >= 15 is 0 Å². The second-order valence-corrected chi connectivity index (χ2v) is 9.01. The van der Waals surface area contributed by atoms with Gasteiger partial charge in [-0.15, -0.1) is 0 Å². The highest BCUT2D eigenvalue weighted by Gasteiger charge is 2.10. The molecule has 0 amide bonds. The summed E-state index contributed by atoms with van der Waals surface area (Å²) < 4.78 is 5.24. The maximum Gasteiger partial charge on any atom is 0.341 e. The highest BCUT2D eigenvalue weighted by molar-refractivity contribution is 5.92. The van der Waals surface area contributed by atoms with E-state index in [2.05, 4.69) is 19.1 Å². The van der Waals surface area contributed by atoms with Crippen LogP contribution in [-0.2, 0) is 4.74 Å². The molecule has 0 aliphatic heterocycles. The molecule has 32 heavy (non-hydrogen) atoms. The Hall–Kier alpha value is -1.77. The van der Waals surface area contributed by atoms with E-state index < -0.39 is 5.97 Å². The summed E-state index contributed by atoms with van der Waals surface area (Å²) in [6, 6.07) is 6.52. The van der Waals surface area contributed by atoms with E-state index in [4.69, 9.17) is 4.74 Å². The van der Waals surface area contributed by atoms with Crippen molar-refractivity contribution in [2.24, 2.45) is 0 Å². The number of benzene rings is 1. The number of unbranched alkanes of at least 4 members (excludes halogenated alkanes) is 16. The lowest BCUT2D eigenvalue weighted by Crippen LogP contribution is -2.06. The largest absolute Gasteiger partial charge is 0.507 e. The van der Waals surface area contributed by atoms with E-state index in [1.807, 2.05) is 0 Å². The van der Waals surface area contributed by atoms with Gasteiger partial charge in [-0.05, 0) is 44.2 Å². The van der Waals surface area contributed by atoms with Gasteiger partial charge in [-0.2, -0.15) is 0 Å². The predicted octanol–water partition coefficient (Wildman–Crippen LogP) is 9.15. The monoisotopic (exact) mass is 444 g/mol. The molecule has 0 saturated carbocycles. The Kier molecular flexibility index (Phi) is 18.6. The summed E-state index contributed by atoms with van der Waals surface area (Å²) in [6.07, 6.45) is 28.2. The van der Waals surface area contributed by atoms with Gasteiger partial charge in [-0.3, -0.25) is 0 Å². The molecule has 1 aromatic carbocycles. The minimum Gasteiger partial charge on any atom is -0.507 e. The zero-order valence-corrected chi connectivity index (χ0v) is 20.7. The molecule has 0 aliphatic carbocycles. The van der Waals surface area contributed by atoms with Crippen molar-refractivity contribution >= 4 is 5.97 Å². The first kappa shape index (κ1) is 28.3. The lowest BCUT2D eigenvalue weighted by atomic mass is 10.1. The van der Waals surface area contributed by atoms with Crippen LogP contribution in [0, 0.1) is 0 Å². The number of para-hydroxylation sites is 1. The van der Waals surface area contributed by atoms with Crippen molar-refractivity contribution in [1.29, 1.82) is 0 Å². The summed E-state index contributed by atoms with van der Waals surface area (Å²) in [5.41, 5.74) is 0.247. The second-order valence-electron chi connectivity index (χ2n) is 9.01. The van der Waals surface area contributed by atoms with Gasteiger partial charge in [0.2, 0.25) is 0 Å². The number of hydrogen-bond donors (Lipinski definition) is 1. The van der Waals surface area contributed by atoms with Crippen molar-refractivity contribution in [3.05, 3.63) is 42.0 Å². The van der Waals surface area contributed by atoms with Crippen molar-refractivity contribution in [3.8, 4) is 5.75 Å². The molecule has 0 saturated heterocycles. The third-order valence-electron chi connectivity index (χ3n) is 6.01. The quantitative estimate of drug-likeness (QED) is 0.117. The number of ether oxygens (including phenoxy) is 1. The van der Waals surface area contributed by atoms with Crippen LogP contribution in [0.5, 0.6) is 5.75 Å². The Labute approximate surface area is 197 Å².